The average molecular weight is 467 g/mol. The molecule has 0 aromatic rings. The summed E-state index contributed by atoms with van der Waals surface area (Å²) in [6, 6.07) is 0. The van der Waals surface area contributed by atoms with Gasteiger partial charge in [0.25, 0.3) is 0 Å². The smallest absolute Gasteiger partial charge is 0.0654 e. The summed E-state index contributed by atoms with van der Waals surface area (Å²) in [5.74, 6) is 0. The Morgan fingerprint density at radius 2 is 0.970 bits per heavy atom. The molecule has 2 heterocycles. The summed E-state index contributed by atoms with van der Waals surface area (Å²) in [4.78, 5) is 0. The standard InChI is InChI=1S/C30H58O3/c1-5-9-11-13-15-19-29(7-3,27-17-23-32-27)21-25-31-26-22-30(8-4,28-18-24-33-28)20-16-14-12-10-6-2/h27-28H,5-26H2,1-4H3. The molecule has 196 valence electrons. The fourth-order valence-electron chi connectivity index (χ4n) is 6.31. The van der Waals surface area contributed by atoms with Crippen LogP contribution in [0.5, 0.6) is 0 Å². The van der Waals surface area contributed by atoms with Crippen LogP contribution < -0.4 is 0 Å². The topological polar surface area (TPSA) is 27.7 Å². The van der Waals surface area contributed by atoms with Crippen LogP contribution >= 0.6 is 0 Å². The van der Waals surface area contributed by atoms with Gasteiger partial charge in [0.2, 0.25) is 0 Å². The number of hydrogen-bond donors (Lipinski definition) is 0. The maximum Gasteiger partial charge on any atom is 0.0654 e. The molecule has 2 rings (SSSR count). The highest BCUT2D eigenvalue weighted by Crippen LogP contribution is 2.44. The number of ether oxygens (including phenoxy) is 3. The van der Waals surface area contributed by atoms with Crippen LogP contribution in [0.15, 0.2) is 0 Å². The lowest BCUT2D eigenvalue weighted by atomic mass is 9.70. The second kappa shape index (κ2) is 16.5. The molecule has 2 aliphatic heterocycles. The van der Waals surface area contributed by atoms with E-state index in [4.69, 9.17) is 14.2 Å². The van der Waals surface area contributed by atoms with E-state index in [-0.39, 0.29) is 0 Å². The van der Waals surface area contributed by atoms with Crippen LogP contribution in [0.4, 0.5) is 0 Å². The molecular weight excluding hydrogens is 408 g/mol. The highest BCUT2D eigenvalue weighted by Gasteiger charge is 2.42. The van der Waals surface area contributed by atoms with Gasteiger partial charge in [-0.1, -0.05) is 91.9 Å². The van der Waals surface area contributed by atoms with E-state index < -0.39 is 0 Å². The van der Waals surface area contributed by atoms with Gasteiger partial charge >= 0.3 is 0 Å². The molecule has 0 amide bonds. The lowest BCUT2D eigenvalue weighted by Gasteiger charge is -2.46. The molecule has 0 aromatic carbocycles. The molecule has 0 aromatic heterocycles. The molecule has 0 spiro atoms. The van der Waals surface area contributed by atoms with Crippen LogP contribution in [0.1, 0.15) is 143 Å². The predicted molar refractivity (Wildman–Crippen MR) is 141 cm³/mol. The number of hydrogen-bond acceptors (Lipinski definition) is 3. The number of rotatable bonds is 22. The molecule has 0 N–H and O–H groups in total. The normalized spacial score (nSPS) is 24.0. The zero-order chi connectivity index (χ0) is 23.8. The average Bonchev–Trinajstić information content (AvgIpc) is 2.75. The summed E-state index contributed by atoms with van der Waals surface area (Å²) in [5.41, 5.74) is 0.672. The first-order valence-electron chi connectivity index (χ1n) is 15.0. The van der Waals surface area contributed by atoms with Crippen molar-refractivity contribution in [1.82, 2.24) is 0 Å². The third-order valence-electron chi connectivity index (χ3n) is 9.22. The first-order chi connectivity index (χ1) is 16.2. The first-order valence-corrected chi connectivity index (χ1v) is 15.0. The molecule has 2 fully saturated rings. The maximum absolute atomic E-state index is 6.36. The summed E-state index contributed by atoms with van der Waals surface area (Å²) in [6.07, 6.45) is 24.5. The van der Waals surface area contributed by atoms with E-state index in [9.17, 15) is 0 Å². The molecule has 3 heteroatoms. The van der Waals surface area contributed by atoms with Crippen molar-refractivity contribution in [2.75, 3.05) is 26.4 Å². The molecule has 0 bridgehead atoms. The Morgan fingerprint density at radius 3 is 1.27 bits per heavy atom. The second-order valence-corrected chi connectivity index (χ2v) is 11.2. The van der Waals surface area contributed by atoms with E-state index in [1.807, 2.05) is 0 Å². The Hall–Kier alpha value is -0.120. The van der Waals surface area contributed by atoms with E-state index in [0.29, 0.717) is 23.0 Å². The molecule has 4 atom stereocenters. The molecule has 3 nitrogen and oxygen atoms in total. The monoisotopic (exact) mass is 466 g/mol. The Morgan fingerprint density at radius 1 is 0.576 bits per heavy atom. The van der Waals surface area contributed by atoms with Gasteiger partial charge in [0.05, 0.1) is 12.2 Å². The Balaban J connectivity index is 1.78. The van der Waals surface area contributed by atoms with Crippen molar-refractivity contribution in [2.24, 2.45) is 10.8 Å². The molecule has 4 unspecified atom stereocenters. The second-order valence-electron chi connectivity index (χ2n) is 11.2. The fraction of sp³-hybridized carbons (Fsp3) is 1.00. The minimum absolute atomic E-state index is 0.336. The zero-order valence-electron chi connectivity index (χ0n) is 22.9. The van der Waals surface area contributed by atoms with Crippen molar-refractivity contribution in [2.45, 2.75) is 155 Å². The lowest BCUT2D eigenvalue weighted by Crippen LogP contribution is -2.45. The summed E-state index contributed by atoms with van der Waals surface area (Å²) in [7, 11) is 0. The molecule has 33 heavy (non-hydrogen) atoms. The van der Waals surface area contributed by atoms with Crippen LogP contribution in [0.25, 0.3) is 0 Å². The summed E-state index contributed by atoms with van der Waals surface area (Å²) in [6.45, 7) is 13.1. The Kier molecular flexibility index (Phi) is 14.6. The van der Waals surface area contributed by atoms with Crippen LogP contribution in [0, 0.1) is 10.8 Å². The van der Waals surface area contributed by atoms with Gasteiger partial charge in [-0.2, -0.15) is 0 Å². The van der Waals surface area contributed by atoms with Crippen molar-refractivity contribution in [3.05, 3.63) is 0 Å². The van der Waals surface area contributed by atoms with Gasteiger partial charge < -0.3 is 14.2 Å². The van der Waals surface area contributed by atoms with Crippen molar-refractivity contribution in [3.8, 4) is 0 Å². The van der Waals surface area contributed by atoms with E-state index in [1.54, 1.807) is 0 Å². The Bertz CT molecular complexity index is 431. The highest BCUT2D eigenvalue weighted by molar-refractivity contribution is 4.91. The van der Waals surface area contributed by atoms with Crippen molar-refractivity contribution >= 4 is 0 Å². The van der Waals surface area contributed by atoms with Gasteiger partial charge in [-0.05, 0) is 62.2 Å². The third kappa shape index (κ3) is 9.12. The number of unbranched alkanes of at least 4 members (excludes halogenated alkanes) is 8. The van der Waals surface area contributed by atoms with Crippen molar-refractivity contribution in [1.29, 1.82) is 0 Å². The van der Waals surface area contributed by atoms with E-state index in [2.05, 4.69) is 27.7 Å². The van der Waals surface area contributed by atoms with E-state index in [1.165, 1.54) is 103 Å². The van der Waals surface area contributed by atoms with E-state index >= 15 is 0 Å². The first kappa shape index (κ1) is 29.1. The molecule has 0 saturated carbocycles. The predicted octanol–water partition coefficient (Wildman–Crippen LogP) is 8.87. The quantitative estimate of drug-likeness (QED) is 0.149. The third-order valence-corrected chi connectivity index (χ3v) is 9.22. The lowest BCUT2D eigenvalue weighted by molar-refractivity contribution is -0.147. The SMILES string of the molecule is CCCCCCCC(CC)(CCOCCC(CC)(CCCCCCC)C1CCO1)C1CCO1. The molecule has 2 aliphatic rings. The molecule has 0 aliphatic carbocycles. The Labute approximate surface area is 207 Å². The minimum atomic E-state index is 0.336. The highest BCUT2D eigenvalue weighted by atomic mass is 16.5. The van der Waals surface area contributed by atoms with Gasteiger partial charge in [0.1, 0.15) is 0 Å². The largest absolute Gasteiger partial charge is 0.381 e. The van der Waals surface area contributed by atoms with Crippen LogP contribution in [0.3, 0.4) is 0 Å². The van der Waals surface area contributed by atoms with Crippen LogP contribution in [-0.2, 0) is 14.2 Å². The van der Waals surface area contributed by atoms with Gasteiger partial charge in [0.15, 0.2) is 0 Å². The van der Waals surface area contributed by atoms with Crippen molar-refractivity contribution < 1.29 is 14.2 Å². The van der Waals surface area contributed by atoms with Crippen LogP contribution in [-0.4, -0.2) is 38.6 Å². The molecule has 0 radical (unpaired) electrons. The zero-order valence-corrected chi connectivity index (χ0v) is 22.9. The van der Waals surface area contributed by atoms with Gasteiger partial charge in [-0.25, -0.2) is 0 Å². The minimum Gasteiger partial charge on any atom is -0.381 e. The van der Waals surface area contributed by atoms with E-state index in [0.717, 1.165) is 39.3 Å². The van der Waals surface area contributed by atoms with Gasteiger partial charge in [-0.15, -0.1) is 0 Å². The van der Waals surface area contributed by atoms with Crippen LogP contribution in [0.2, 0.25) is 0 Å². The molecular formula is C30H58O3. The molecule has 2 saturated heterocycles. The maximum atomic E-state index is 6.36. The summed E-state index contributed by atoms with van der Waals surface area (Å²) >= 11 is 0. The summed E-state index contributed by atoms with van der Waals surface area (Å²) < 4.78 is 18.5. The fourth-order valence-corrected chi connectivity index (χ4v) is 6.31. The summed E-state index contributed by atoms with van der Waals surface area (Å²) in [5, 5.41) is 0. The van der Waals surface area contributed by atoms with Gasteiger partial charge in [-0.3, -0.25) is 0 Å². The van der Waals surface area contributed by atoms with Gasteiger partial charge in [0, 0.05) is 26.4 Å². The van der Waals surface area contributed by atoms with Crippen molar-refractivity contribution in [3.63, 3.8) is 0 Å².